The molecular formula is C17H26N4O4S. The normalized spacial score (nSPS) is 26.2. The zero-order valence-corrected chi connectivity index (χ0v) is 15.9. The van der Waals surface area contributed by atoms with Crippen LogP contribution in [0.4, 0.5) is 0 Å². The summed E-state index contributed by atoms with van der Waals surface area (Å²) in [6, 6.07) is -0.380. The molecule has 0 aromatic carbocycles. The van der Waals surface area contributed by atoms with E-state index in [0.717, 1.165) is 38.5 Å². The summed E-state index contributed by atoms with van der Waals surface area (Å²) in [6.07, 6.45) is 6.55. The van der Waals surface area contributed by atoms with Crippen LogP contribution in [0.25, 0.3) is 0 Å². The molecule has 1 saturated carbocycles. The van der Waals surface area contributed by atoms with Crippen molar-refractivity contribution in [1.82, 2.24) is 19.3 Å². The predicted molar refractivity (Wildman–Crippen MR) is 93.6 cm³/mol. The Morgan fingerprint density at radius 3 is 2.46 bits per heavy atom. The quantitative estimate of drug-likeness (QED) is 0.785. The zero-order chi connectivity index (χ0) is 18.3. The van der Waals surface area contributed by atoms with Gasteiger partial charge in [-0.25, -0.2) is 8.42 Å². The number of amides is 1. The van der Waals surface area contributed by atoms with Gasteiger partial charge in [0.15, 0.2) is 5.82 Å². The number of sulfonamides is 1. The highest BCUT2D eigenvalue weighted by atomic mass is 32.2. The Labute approximate surface area is 154 Å². The third-order valence-electron chi connectivity index (χ3n) is 5.89. The lowest BCUT2D eigenvalue weighted by Gasteiger charge is -2.43. The average Bonchev–Trinajstić information content (AvgIpc) is 3.24. The molecule has 144 valence electrons. The maximum atomic E-state index is 13.1. The summed E-state index contributed by atoms with van der Waals surface area (Å²) in [7, 11) is -3.49. The summed E-state index contributed by atoms with van der Waals surface area (Å²) in [6.45, 7) is 2.82. The van der Waals surface area contributed by atoms with Gasteiger partial charge in [-0.15, -0.1) is 0 Å². The first-order valence-corrected chi connectivity index (χ1v) is 11.1. The number of carbonyl (C=O) groups excluding carboxylic acids is 1. The molecule has 3 heterocycles. The van der Waals surface area contributed by atoms with Crippen LogP contribution in [-0.2, 0) is 14.8 Å². The van der Waals surface area contributed by atoms with Crippen LogP contribution in [0.5, 0.6) is 0 Å². The summed E-state index contributed by atoms with van der Waals surface area (Å²) in [4.78, 5) is 18.4. The molecule has 1 unspecified atom stereocenters. The smallest absolute Gasteiger partial charge is 0.245 e. The second kappa shape index (κ2) is 6.92. The van der Waals surface area contributed by atoms with Crippen LogP contribution in [-0.4, -0.2) is 58.6 Å². The second-order valence-electron chi connectivity index (χ2n) is 7.69. The van der Waals surface area contributed by atoms with Crippen LogP contribution in [0.1, 0.15) is 62.7 Å². The largest absolute Gasteiger partial charge is 0.340 e. The van der Waals surface area contributed by atoms with Gasteiger partial charge in [0.1, 0.15) is 11.3 Å². The van der Waals surface area contributed by atoms with Gasteiger partial charge in [-0.2, -0.15) is 9.29 Å². The molecule has 9 heteroatoms. The third kappa shape index (κ3) is 3.15. The number of aromatic nitrogens is 2. The van der Waals surface area contributed by atoms with Gasteiger partial charge in [0.25, 0.3) is 0 Å². The van der Waals surface area contributed by atoms with Gasteiger partial charge in [-0.1, -0.05) is 24.4 Å². The second-order valence-corrected chi connectivity index (χ2v) is 9.86. The van der Waals surface area contributed by atoms with Crippen molar-refractivity contribution in [3.63, 3.8) is 0 Å². The Morgan fingerprint density at radius 1 is 1.12 bits per heavy atom. The molecule has 0 bridgehead atoms. The number of piperidine rings is 1. The first kappa shape index (κ1) is 17.9. The van der Waals surface area contributed by atoms with E-state index in [0.29, 0.717) is 37.8 Å². The van der Waals surface area contributed by atoms with E-state index in [-0.39, 0.29) is 17.9 Å². The Bertz CT molecular complexity index is 765. The van der Waals surface area contributed by atoms with E-state index in [1.54, 1.807) is 11.8 Å². The van der Waals surface area contributed by atoms with E-state index >= 15 is 0 Å². The molecule has 2 saturated heterocycles. The lowest BCUT2D eigenvalue weighted by Crippen LogP contribution is -2.61. The van der Waals surface area contributed by atoms with E-state index < -0.39 is 15.3 Å². The molecule has 0 N–H and O–H groups in total. The lowest BCUT2D eigenvalue weighted by molar-refractivity contribution is -0.138. The predicted octanol–water partition coefficient (Wildman–Crippen LogP) is 1.64. The molecule has 2 aliphatic heterocycles. The van der Waals surface area contributed by atoms with E-state index in [1.807, 2.05) is 0 Å². The van der Waals surface area contributed by atoms with Gasteiger partial charge in [-0.3, -0.25) is 4.79 Å². The monoisotopic (exact) mass is 382 g/mol. The van der Waals surface area contributed by atoms with Crippen molar-refractivity contribution >= 4 is 15.9 Å². The molecule has 3 fully saturated rings. The van der Waals surface area contributed by atoms with Crippen LogP contribution in [0.15, 0.2) is 4.52 Å². The first-order chi connectivity index (χ1) is 12.5. The summed E-state index contributed by atoms with van der Waals surface area (Å²) in [5.74, 6) is 1.13. The Morgan fingerprint density at radius 2 is 1.81 bits per heavy atom. The average molecular weight is 382 g/mol. The van der Waals surface area contributed by atoms with Crippen molar-refractivity contribution in [2.45, 2.75) is 63.2 Å². The van der Waals surface area contributed by atoms with Crippen LogP contribution < -0.4 is 0 Å². The molecule has 26 heavy (non-hydrogen) atoms. The van der Waals surface area contributed by atoms with Gasteiger partial charge < -0.3 is 9.42 Å². The summed E-state index contributed by atoms with van der Waals surface area (Å²) >= 11 is 0. The minimum absolute atomic E-state index is 0.0998. The van der Waals surface area contributed by atoms with Crippen molar-refractivity contribution in [2.75, 3.05) is 19.6 Å². The molecule has 1 atom stereocenters. The first-order valence-electron chi connectivity index (χ1n) is 9.56. The number of hydrogen-bond donors (Lipinski definition) is 0. The fraction of sp³-hybridized carbons (Fsp3) is 0.824. The molecule has 1 aromatic rings. The Hall–Kier alpha value is -1.48. The van der Waals surface area contributed by atoms with Gasteiger partial charge >= 0.3 is 0 Å². The molecular weight excluding hydrogens is 356 g/mol. The van der Waals surface area contributed by atoms with Gasteiger partial charge in [0.05, 0.1) is 0 Å². The fourth-order valence-corrected chi connectivity index (χ4v) is 6.39. The molecule has 1 amide bonds. The maximum Gasteiger partial charge on any atom is 0.245 e. The van der Waals surface area contributed by atoms with Crippen LogP contribution in [0.2, 0.25) is 0 Å². The van der Waals surface area contributed by atoms with E-state index in [9.17, 15) is 13.2 Å². The van der Waals surface area contributed by atoms with Crippen molar-refractivity contribution in [3.05, 3.63) is 11.7 Å². The Kier molecular flexibility index (Phi) is 4.77. The van der Waals surface area contributed by atoms with Crippen molar-refractivity contribution in [1.29, 1.82) is 0 Å². The highest BCUT2D eigenvalue weighted by molar-refractivity contribution is 7.89. The highest BCUT2D eigenvalue weighted by Crippen LogP contribution is 2.36. The lowest BCUT2D eigenvalue weighted by atomic mass is 10.0. The molecule has 0 spiro atoms. The number of carbonyl (C=O) groups is 1. The topological polar surface area (TPSA) is 96.6 Å². The molecule has 1 aliphatic carbocycles. The third-order valence-corrected chi connectivity index (χ3v) is 8.13. The number of hydrogen-bond acceptors (Lipinski definition) is 6. The number of rotatable bonds is 4. The summed E-state index contributed by atoms with van der Waals surface area (Å²) < 4.78 is 33.1. The molecule has 0 radical (unpaired) electrons. The SMILES string of the molecule is Cc1noc(C2CCCCN2S(=O)(=O)C2CN(C(=O)C3CCCC3)C2)n1. The zero-order valence-electron chi connectivity index (χ0n) is 15.1. The molecule has 1 aromatic heterocycles. The summed E-state index contributed by atoms with van der Waals surface area (Å²) in [5, 5.41) is 3.29. The molecule has 4 rings (SSSR count). The van der Waals surface area contributed by atoms with Gasteiger partial charge in [0, 0.05) is 25.6 Å². The van der Waals surface area contributed by atoms with E-state index in [2.05, 4.69) is 10.1 Å². The van der Waals surface area contributed by atoms with Crippen LogP contribution in [0, 0.1) is 12.8 Å². The van der Waals surface area contributed by atoms with E-state index in [4.69, 9.17) is 4.52 Å². The molecule has 3 aliphatic rings. The minimum Gasteiger partial charge on any atom is -0.340 e. The Balaban J connectivity index is 1.45. The summed E-state index contributed by atoms with van der Waals surface area (Å²) in [5.41, 5.74) is 0. The molecule has 8 nitrogen and oxygen atoms in total. The van der Waals surface area contributed by atoms with Crippen molar-refractivity contribution in [2.24, 2.45) is 5.92 Å². The van der Waals surface area contributed by atoms with Gasteiger partial charge in [-0.05, 0) is 32.6 Å². The number of nitrogens with zero attached hydrogens (tertiary/aromatic N) is 4. The maximum absolute atomic E-state index is 13.1. The highest BCUT2D eigenvalue weighted by Gasteiger charge is 2.47. The van der Waals surface area contributed by atoms with Crippen LogP contribution in [0.3, 0.4) is 0 Å². The minimum atomic E-state index is -3.49. The number of likely N-dealkylation sites (tertiary alicyclic amines) is 1. The fourth-order valence-electron chi connectivity index (χ4n) is 4.33. The number of aryl methyl sites for hydroxylation is 1. The van der Waals surface area contributed by atoms with E-state index in [1.165, 1.54) is 4.31 Å². The standard InChI is InChI=1S/C17H26N4O4S/c1-12-18-16(25-19-12)15-8-4-5-9-21(15)26(23,24)14-10-20(11-14)17(22)13-6-2-3-7-13/h13-15H,2-11H2,1H3. The van der Waals surface area contributed by atoms with Crippen LogP contribution >= 0.6 is 0 Å². The van der Waals surface area contributed by atoms with Crippen molar-refractivity contribution < 1.29 is 17.7 Å². The van der Waals surface area contributed by atoms with Crippen molar-refractivity contribution in [3.8, 4) is 0 Å². The van der Waals surface area contributed by atoms with Gasteiger partial charge in [0.2, 0.25) is 21.8 Å².